The molecular weight excluding hydrogens is 186 g/mol. The van der Waals surface area contributed by atoms with Gasteiger partial charge in [0, 0.05) is 18.6 Å². The summed E-state index contributed by atoms with van der Waals surface area (Å²) in [5, 5.41) is 5.38. The molecule has 0 fully saturated rings. The van der Waals surface area contributed by atoms with Crippen LogP contribution in [0.5, 0.6) is 0 Å². The van der Waals surface area contributed by atoms with E-state index >= 15 is 0 Å². The number of aromatic nitrogens is 3. The molecule has 2 heterocycles. The number of nitrogens with zero attached hydrogens (tertiary/aromatic N) is 3. The molecule has 0 spiro atoms. The summed E-state index contributed by atoms with van der Waals surface area (Å²) < 4.78 is 1.88. The highest BCUT2D eigenvalue weighted by Gasteiger charge is 2.08. The van der Waals surface area contributed by atoms with Crippen LogP contribution in [0.25, 0.3) is 10.9 Å². The monoisotopic (exact) mass is 205 g/mol. The number of hydrogen-bond acceptors (Lipinski definition) is 2. The quantitative estimate of drug-likeness (QED) is 0.716. The molecule has 0 saturated heterocycles. The van der Waals surface area contributed by atoms with Crippen LogP contribution in [-0.4, -0.2) is 14.8 Å². The van der Waals surface area contributed by atoms with Gasteiger partial charge in [0.2, 0.25) is 0 Å². The van der Waals surface area contributed by atoms with Gasteiger partial charge >= 0.3 is 0 Å². The number of pyridine rings is 1. The van der Waals surface area contributed by atoms with E-state index in [1.807, 2.05) is 44.0 Å². The number of aryl methyl sites for hydroxylation is 1. The Hall–Kier alpha value is -1.38. The number of fused-ring (bicyclic) bond motifs is 1. The average Bonchev–Trinajstić information content (AvgIpc) is 2.63. The first kappa shape index (κ1) is 11.7. The van der Waals surface area contributed by atoms with Crippen molar-refractivity contribution in [1.29, 1.82) is 0 Å². The van der Waals surface area contributed by atoms with E-state index in [4.69, 9.17) is 0 Å². The van der Waals surface area contributed by atoms with E-state index in [1.165, 1.54) is 5.39 Å². The zero-order valence-electron chi connectivity index (χ0n) is 10.2. The Balaban J connectivity index is 0.000000531. The zero-order valence-corrected chi connectivity index (χ0v) is 10.2. The maximum Gasteiger partial charge on any atom is 0.0712 e. The van der Waals surface area contributed by atoms with Gasteiger partial charge in [0.05, 0.1) is 17.4 Å². The Bertz CT molecular complexity index is 429. The summed E-state index contributed by atoms with van der Waals surface area (Å²) in [4.78, 5) is 4.37. The first-order valence-electron chi connectivity index (χ1n) is 5.46. The van der Waals surface area contributed by atoms with Crippen molar-refractivity contribution in [3.05, 3.63) is 24.2 Å². The van der Waals surface area contributed by atoms with Crippen LogP contribution in [0.15, 0.2) is 18.5 Å². The van der Waals surface area contributed by atoms with Gasteiger partial charge in [0.25, 0.3) is 0 Å². The highest BCUT2D eigenvalue weighted by molar-refractivity contribution is 5.81. The Kier molecular flexibility index (Phi) is 3.83. The number of hydrogen-bond donors (Lipinski definition) is 0. The highest BCUT2D eigenvalue weighted by atomic mass is 15.2. The summed E-state index contributed by atoms with van der Waals surface area (Å²) in [7, 11) is 1.95. The van der Waals surface area contributed by atoms with Crippen LogP contribution in [0.1, 0.15) is 39.3 Å². The molecule has 2 aromatic rings. The third-order valence-electron chi connectivity index (χ3n) is 2.25. The molecule has 0 aliphatic carbocycles. The van der Waals surface area contributed by atoms with Crippen LogP contribution >= 0.6 is 0 Å². The van der Waals surface area contributed by atoms with Gasteiger partial charge in [-0.3, -0.25) is 9.67 Å². The zero-order chi connectivity index (χ0) is 11.4. The van der Waals surface area contributed by atoms with Crippen molar-refractivity contribution >= 4 is 10.9 Å². The molecule has 0 unspecified atom stereocenters. The van der Waals surface area contributed by atoms with Crippen molar-refractivity contribution in [2.24, 2.45) is 7.05 Å². The normalized spacial score (nSPS) is 10.3. The van der Waals surface area contributed by atoms with Gasteiger partial charge in [-0.15, -0.1) is 0 Å². The first-order chi connectivity index (χ1) is 7.20. The van der Waals surface area contributed by atoms with E-state index in [-0.39, 0.29) is 0 Å². The molecule has 3 heteroatoms. The molecular formula is C12H19N3. The van der Waals surface area contributed by atoms with Gasteiger partial charge < -0.3 is 0 Å². The SMILES string of the molecule is CC.CC(C)c1nccc2c1cnn2C. The van der Waals surface area contributed by atoms with Gasteiger partial charge in [-0.25, -0.2) is 0 Å². The molecule has 82 valence electrons. The molecule has 2 rings (SSSR count). The second-order valence-electron chi connectivity index (χ2n) is 3.55. The smallest absolute Gasteiger partial charge is 0.0712 e. The molecule has 15 heavy (non-hydrogen) atoms. The fourth-order valence-electron chi connectivity index (χ4n) is 1.56. The Morgan fingerprint density at radius 3 is 2.53 bits per heavy atom. The van der Waals surface area contributed by atoms with E-state index in [0.717, 1.165) is 11.2 Å². The Labute approximate surface area is 91.1 Å². The van der Waals surface area contributed by atoms with E-state index in [0.29, 0.717) is 5.92 Å². The molecule has 0 amide bonds. The number of rotatable bonds is 1. The van der Waals surface area contributed by atoms with Crippen LogP contribution in [0.3, 0.4) is 0 Å². The summed E-state index contributed by atoms with van der Waals surface area (Å²) in [6.45, 7) is 8.30. The summed E-state index contributed by atoms with van der Waals surface area (Å²) >= 11 is 0. The summed E-state index contributed by atoms with van der Waals surface area (Å²) in [6, 6.07) is 1.99. The van der Waals surface area contributed by atoms with Crippen molar-refractivity contribution in [2.45, 2.75) is 33.6 Å². The first-order valence-corrected chi connectivity index (χ1v) is 5.46. The second kappa shape index (κ2) is 4.91. The lowest BCUT2D eigenvalue weighted by Gasteiger charge is -2.04. The molecule has 0 aliphatic rings. The lowest BCUT2D eigenvalue weighted by atomic mass is 10.1. The van der Waals surface area contributed by atoms with Crippen molar-refractivity contribution in [3.8, 4) is 0 Å². The van der Waals surface area contributed by atoms with Crippen molar-refractivity contribution in [3.63, 3.8) is 0 Å². The molecule has 0 saturated carbocycles. The van der Waals surface area contributed by atoms with Gasteiger partial charge in [-0.1, -0.05) is 27.7 Å². The van der Waals surface area contributed by atoms with Crippen LogP contribution < -0.4 is 0 Å². The lowest BCUT2D eigenvalue weighted by Crippen LogP contribution is -1.94. The minimum absolute atomic E-state index is 0.452. The topological polar surface area (TPSA) is 30.7 Å². The summed E-state index contributed by atoms with van der Waals surface area (Å²) in [5.74, 6) is 0.452. The van der Waals surface area contributed by atoms with Crippen molar-refractivity contribution in [2.75, 3.05) is 0 Å². The molecule has 0 aromatic carbocycles. The summed E-state index contributed by atoms with van der Waals surface area (Å²) in [6.07, 6.45) is 3.73. The van der Waals surface area contributed by atoms with Crippen LogP contribution in [0.4, 0.5) is 0 Å². The van der Waals surface area contributed by atoms with Crippen molar-refractivity contribution in [1.82, 2.24) is 14.8 Å². The van der Waals surface area contributed by atoms with Gasteiger partial charge in [0.15, 0.2) is 0 Å². The standard InChI is InChI=1S/C10H13N3.C2H6/c1-7(2)10-8-6-12-13(3)9(8)4-5-11-10;1-2/h4-7H,1-3H3;1-2H3. The molecule has 0 radical (unpaired) electrons. The van der Waals surface area contributed by atoms with Gasteiger partial charge in [-0.2, -0.15) is 5.10 Å². The van der Waals surface area contributed by atoms with E-state index in [2.05, 4.69) is 23.9 Å². The molecule has 0 aliphatic heterocycles. The van der Waals surface area contributed by atoms with Crippen LogP contribution in [0.2, 0.25) is 0 Å². The molecule has 0 N–H and O–H groups in total. The van der Waals surface area contributed by atoms with E-state index < -0.39 is 0 Å². The fourth-order valence-corrected chi connectivity index (χ4v) is 1.56. The fraction of sp³-hybridized carbons (Fsp3) is 0.500. The molecule has 0 bridgehead atoms. The van der Waals surface area contributed by atoms with Crippen LogP contribution in [0, 0.1) is 0 Å². The molecule has 2 aromatic heterocycles. The Morgan fingerprint density at radius 1 is 1.27 bits per heavy atom. The third-order valence-corrected chi connectivity index (χ3v) is 2.25. The molecule has 3 nitrogen and oxygen atoms in total. The molecule has 0 atom stereocenters. The highest BCUT2D eigenvalue weighted by Crippen LogP contribution is 2.21. The van der Waals surface area contributed by atoms with Gasteiger partial charge in [0.1, 0.15) is 0 Å². The lowest BCUT2D eigenvalue weighted by molar-refractivity contribution is 0.796. The van der Waals surface area contributed by atoms with Crippen LogP contribution in [-0.2, 0) is 7.05 Å². The predicted molar refractivity (Wildman–Crippen MR) is 63.9 cm³/mol. The maximum atomic E-state index is 4.37. The minimum atomic E-state index is 0.452. The van der Waals surface area contributed by atoms with E-state index in [1.54, 1.807) is 0 Å². The second-order valence-corrected chi connectivity index (χ2v) is 3.55. The largest absolute Gasteiger partial charge is 0.268 e. The average molecular weight is 205 g/mol. The minimum Gasteiger partial charge on any atom is -0.268 e. The van der Waals surface area contributed by atoms with Crippen molar-refractivity contribution < 1.29 is 0 Å². The van der Waals surface area contributed by atoms with Gasteiger partial charge in [-0.05, 0) is 12.0 Å². The maximum absolute atomic E-state index is 4.37. The third kappa shape index (κ3) is 2.17. The summed E-state index contributed by atoms with van der Waals surface area (Å²) in [5.41, 5.74) is 2.28. The Morgan fingerprint density at radius 2 is 1.93 bits per heavy atom. The predicted octanol–water partition coefficient (Wildman–Crippen LogP) is 3.12. The van der Waals surface area contributed by atoms with E-state index in [9.17, 15) is 0 Å².